The van der Waals surface area contributed by atoms with Crippen molar-refractivity contribution in [1.29, 1.82) is 0 Å². The number of aliphatic hydroxyl groups excluding tert-OH is 1. The summed E-state index contributed by atoms with van der Waals surface area (Å²) < 4.78 is 1.28. The number of hydrogen-bond acceptors (Lipinski definition) is 2. The fraction of sp³-hybridized carbons (Fsp3) is 0.500. The predicted molar refractivity (Wildman–Crippen MR) is 69.8 cm³/mol. The van der Waals surface area contributed by atoms with Gasteiger partial charge in [0.05, 0.1) is 6.61 Å². The van der Waals surface area contributed by atoms with Gasteiger partial charge in [-0.2, -0.15) is 0 Å². The third-order valence-corrected chi connectivity index (χ3v) is 3.72. The Bertz CT molecular complexity index is 312. The molecule has 82 valence electrons. The average Bonchev–Trinajstić information content (AvgIpc) is 2.68. The van der Waals surface area contributed by atoms with Crippen molar-refractivity contribution in [2.75, 3.05) is 19.7 Å². The normalized spacial score (nSPS) is 22.1. The highest BCUT2D eigenvalue weighted by molar-refractivity contribution is 14.1. The second-order valence-corrected chi connectivity index (χ2v) is 5.21. The third kappa shape index (κ3) is 2.71. The van der Waals surface area contributed by atoms with Crippen molar-refractivity contribution in [2.24, 2.45) is 0 Å². The summed E-state index contributed by atoms with van der Waals surface area (Å²) in [6, 6.07) is 9.26. The van der Waals surface area contributed by atoms with Crippen LogP contribution in [-0.4, -0.2) is 29.7 Å². The molecular formula is C12H16INO. The highest BCUT2D eigenvalue weighted by Gasteiger charge is 2.24. The molecule has 0 amide bonds. The van der Waals surface area contributed by atoms with Crippen molar-refractivity contribution < 1.29 is 5.11 Å². The van der Waals surface area contributed by atoms with Gasteiger partial charge in [-0.1, -0.05) is 12.1 Å². The number of β-amino-alcohol motifs (C(OH)–C–C–N with tert-alkyl or cyclic N) is 1. The molecule has 1 aliphatic heterocycles. The first kappa shape index (κ1) is 11.4. The Morgan fingerprint density at radius 1 is 1.33 bits per heavy atom. The smallest absolute Gasteiger partial charge is 0.0558 e. The van der Waals surface area contributed by atoms with E-state index < -0.39 is 0 Å². The molecule has 1 aliphatic rings. The highest BCUT2D eigenvalue weighted by Crippen LogP contribution is 2.31. The number of nitrogens with zero attached hydrogens (tertiary/aromatic N) is 1. The van der Waals surface area contributed by atoms with Crippen molar-refractivity contribution in [1.82, 2.24) is 4.90 Å². The number of aliphatic hydroxyl groups is 1. The van der Waals surface area contributed by atoms with Crippen LogP contribution in [0.3, 0.4) is 0 Å². The van der Waals surface area contributed by atoms with Gasteiger partial charge in [-0.15, -0.1) is 0 Å². The highest BCUT2D eigenvalue weighted by atomic mass is 127. The van der Waals surface area contributed by atoms with Crippen LogP contribution >= 0.6 is 22.6 Å². The number of likely N-dealkylation sites (tertiary alicyclic amines) is 1. The van der Waals surface area contributed by atoms with Gasteiger partial charge in [-0.3, -0.25) is 4.90 Å². The Balaban J connectivity index is 2.11. The van der Waals surface area contributed by atoms with E-state index in [-0.39, 0.29) is 6.61 Å². The van der Waals surface area contributed by atoms with E-state index in [1.54, 1.807) is 0 Å². The largest absolute Gasteiger partial charge is 0.395 e. The monoisotopic (exact) mass is 317 g/mol. The first-order valence-electron chi connectivity index (χ1n) is 5.41. The van der Waals surface area contributed by atoms with Crippen LogP contribution in [-0.2, 0) is 0 Å². The van der Waals surface area contributed by atoms with Crippen molar-refractivity contribution in [3.8, 4) is 0 Å². The van der Waals surface area contributed by atoms with E-state index in [4.69, 9.17) is 5.11 Å². The topological polar surface area (TPSA) is 23.5 Å². The van der Waals surface area contributed by atoms with E-state index in [9.17, 15) is 0 Å². The van der Waals surface area contributed by atoms with Gasteiger partial charge >= 0.3 is 0 Å². The lowest BCUT2D eigenvalue weighted by Crippen LogP contribution is -2.26. The van der Waals surface area contributed by atoms with Crippen LogP contribution in [0.4, 0.5) is 0 Å². The summed E-state index contributed by atoms with van der Waals surface area (Å²) in [4.78, 5) is 2.38. The Labute approximate surface area is 104 Å². The molecule has 1 aromatic rings. The predicted octanol–water partition coefficient (Wildman–Crippen LogP) is 2.42. The van der Waals surface area contributed by atoms with E-state index >= 15 is 0 Å². The zero-order valence-electron chi connectivity index (χ0n) is 8.69. The van der Waals surface area contributed by atoms with Crippen molar-refractivity contribution in [3.05, 3.63) is 33.4 Å². The summed E-state index contributed by atoms with van der Waals surface area (Å²) >= 11 is 2.33. The summed E-state index contributed by atoms with van der Waals surface area (Å²) in [5, 5.41) is 8.99. The van der Waals surface area contributed by atoms with Crippen molar-refractivity contribution >= 4 is 22.6 Å². The second-order valence-electron chi connectivity index (χ2n) is 3.97. The summed E-state index contributed by atoms with van der Waals surface area (Å²) in [5.74, 6) is 0. The lowest BCUT2D eigenvalue weighted by molar-refractivity contribution is 0.185. The van der Waals surface area contributed by atoms with Gasteiger partial charge in [-0.05, 0) is 59.7 Å². The maximum atomic E-state index is 8.99. The van der Waals surface area contributed by atoms with Crippen LogP contribution < -0.4 is 0 Å². The van der Waals surface area contributed by atoms with E-state index in [2.05, 4.69) is 51.8 Å². The van der Waals surface area contributed by atoms with Crippen LogP contribution in [0.25, 0.3) is 0 Å². The number of hydrogen-bond donors (Lipinski definition) is 1. The Morgan fingerprint density at radius 3 is 2.73 bits per heavy atom. The van der Waals surface area contributed by atoms with Crippen LogP contribution in [0.1, 0.15) is 24.4 Å². The Hall–Kier alpha value is -0.130. The molecule has 0 saturated carbocycles. The minimum atomic E-state index is 0.265. The molecule has 1 saturated heterocycles. The lowest BCUT2D eigenvalue weighted by atomic mass is 10.0. The molecule has 0 aliphatic carbocycles. The van der Waals surface area contributed by atoms with Gasteiger partial charge in [0.15, 0.2) is 0 Å². The summed E-state index contributed by atoms with van der Waals surface area (Å²) in [6.45, 7) is 2.19. The van der Waals surface area contributed by atoms with E-state index in [1.165, 1.54) is 22.0 Å². The van der Waals surface area contributed by atoms with Gasteiger partial charge in [0.1, 0.15) is 0 Å². The maximum absolute atomic E-state index is 8.99. The first-order valence-corrected chi connectivity index (χ1v) is 6.49. The summed E-state index contributed by atoms with van der Waals surface area (Å²) in [7, 11) is 0. The lowest BCUT2D eigenvalue weighted by Gasteiger charge is -2.23. The van der Waals surface area contributed by atoms with Crippen molar-refractivity contribution in [3.63, 3.8) is 0 Å². The number of halogens is 1. The first-order chi connectivity index (χ1) is 7.31. The summed E-state index contributed by atoms with van der Waals surface area (Å²) in [5.41, 5.74) is 1.39. The third-order valence-electron chi connectivity index (χ3n) is 3.01. The number of rotatable bonds is 3. The zero-order chi connectivity index (χ0) is 10.7. The van der Waals surface area contributed by atoms with E-state index in [0.29, 0.717) is 6.04 Å². The molecular weight excluding hydrogens is 301 g/mol. The van der Waals surface area contributed by atoms with Crippen LogP contribution in [0, 0.1) is 3.57 Å². The van der Waals surface area contributed by atoms with Gasteiger partial charge in [0, 0.05) is 16.2 Å². The van der Waals surface area contributed by atoms with Crippen molar-refractivity contribution in [2.45, 2.75) is 18.9 Å². The molecule has 3 heteroatoms. The molecule has 1 aromatic carbocycles. The van der Waals surface area contributed by atoms with Crippen LogP contribution in [0.2, 0.25) is 0 Å². The Morgan fingerprint density at radius 2 is 2.07 bits per heavy atom. The average molecular weight is 317 g/mol. The molecule has 2 rings (SSSR count). The molecule has 1 atom stereocenters. The molecule has 0 radical (unpaired) electrons. The fourth-order valence-corrected chi connectivity index (χ4v) is 2.64. The molecule has 0 spiro atoms. The van der Waals surface area contributed by atoms with Gasteiger partial charge in [-0.25, -0.2) is 0 Å². The Kier molecular flexibility index (Phi) is 3.99. The van der Waals surface area contributed by atoms with Gasteiger partial charge in [0.2, 0.25) is 0 Å². The van der Waals surface area contributed by atoms with Gasteiger partial charge < -0.3 is 5.11 Å². The van der Waals surface area contributed by atoms with E-state index in [1.807, 2.05) is 0 Å². The fourth-order valence-electron chi connectivity index (χ4n) is 2.28. The molecule has 1 fully saturated rings. The molecule has 2 nitrogen and oxygen atoms in total. The summed E-state index contributed by atoms with van der Waals surface area (Å²) in [6.07, 6.45) is 2.47. The molecule has 0 unspecified atom stereocenters. The standard InChI is InChI=1S/C12H16INO/c13-11-5-3-10(4-6-11)12-2-1-7-14(12)8-9-15/h3-6,12,15H,1-2,7-9H2/t12-/m1/s1. The molecule has 0 bridgehead atoms. The van der Waals surface area contributed by atoms with Crippen LogP contribution in [0.5, 0.6) is 0 Å². The van der Waals surface area contributed by atoms with E-state index in [0.717, 1.165) is 13.1 Å². The zero-order valence-corrected chi connectivity index (χ0v) is 10.9. The maximum Gasteiger partial charge on any atom is 0.0558 e. The minimum Gasteiger partial charge on any atom is -0.395 e. The molecule has 1 N–H and O–H groups in total. The minimum absolute atomic E-state index is 0.265. The molecule has 0 aromatic heterocycles. The molecule has 15 heavy (non-hydrogen) atoms. The van der Waals surface area contributed by atoms with Gasteiger partial charge in [0.25, 0.3) is 0 Å². The number of benzene rings is 1. The van der Waals surface area contributed by atoms with Crippen LogP contribution in [0.15, 0.2) is 24.3 Å². The quantitative estimate of drug-likeness (QED) is 0.866. The second kappa shape index (κ2) is 5.27. The molecule has 1 heterocycles. The SMILES string of the molecule is OCCN1CCC[C@@H]1c1ccc(I)cc1.